The Morgan fingerprint density at radius 3 is 2.52 bits per heavy atom. The Morgan fingerprint density at radius 1 is 1.19 bits per heavy atom. The average Bonchev–Trinajstić information content (AvgIpc) is 2.48. The van der Waals surface area contributed by atoms with Crippen molar-refractivity contribution >= 4 is 29.9 Å². The van der Waals surface area contributed by atoms with Crippen LogP contribution >= 0.6 is 24.0 Å². The molecule has 0 saturated carbocycles. The Kier molecular flexibility index (Phi) is 12.3. The molecule has 0 radical (unpaired) electrons. The first kappa shape index (κ1) is 20.1. The van der Waals surface area contributed by atoms with E-state index in [0.29, 0.717) is 19.8 Å². The van der Waals surface area contributed by atoms with Crippen LogP contribution in [0.25, 0.3) is 0 Å². The van der Waals surface area contributed by atoms with E-state index < -0.39 is 0 Å². The van der Waals surface area contributed by atoms with Crippen molar-refractivity contribution in [2.45, 2.75) is 20.1 Å². The summed E-state index contributed by atoms with van der Waals surface area (Å²) in [6, 6.07) is 8.22. The second-order valence-electron chi connectivity index (χ2n) is 4.25. The summed E-state index contributed by atoms with van der Waals surface area (Å²) in [5.41, 5.74) is 2.40. The van der Waals surface area contributed by atoms with Crippen molar-refractivity contribution < 1.29 is 9.47 Å². The summed E-state index contributed by atoms with van der Waals surface area (Å²) in [7, 11) is 3.47. The summed E-state index contributed by atoms with van der Waals surface area (Å²) < 4.78 is 10.5. The third kappa shape index (κ3) is 8.23. The van der Waals surface area contributed by atoms with Crippen LogP contribution in [0.3, 0.4) is 0 Å². The third-order valence-corrected chi connectivity index (χ3v) is 2.83. The van der Waals surface area contributed by atoms with Gasteiger partial charge in [-0.3, -0.25) is 4.99 Å². The van der Waals surface area contributed by atoms with Crippen LogP contribution in [0.5, 0.6) is 0 Å². The first-order valence-corrected chi connectivity index (χ1v) is 6.89. The van der Waals surface area contributed by atoms with Gasteiger partial charge in [0.15, 0.2) is 5.96 Å². The van der Waals surface area contributed by atoms with Crippen molar-refractivity contribution in [2.75, 3.05) is 33.9 Å². The van der Waals surface area contributed by atoms with Crippen molar-refractivity contribution in [1.82, 2.24) is 10.6 Å². The van der Waals surface area contributed by atoms with Gasteiger partial charge in [0.1, 0.15) is 0 Å². The number of nitrogens with zero attached hydrogens (tertiary/aromatic N) is 1. The van der Waals surface area contributed by atoms with Gasteiger partial charge < -0.3 is 20.1 Å². The maximum atomic E-state index is 5.28. The number of halogens is 1. The first-order chi connectivity index (χ1) is 9.81. The van der Waals surface area contributed by atoms with Gasteiger partial charge in [-0.2, -0.15) is 0 Å². The van der Waals surface area contributed by atoms with Gasteiger partial charge in [0.25, 0.3) is 0 Å². The summed E-state index contributed by atoms with van der Waals surface area (Å²) in [6.45, 7) is 5.48. The van der Waals surface area contributed by atoms with Crippen LogP contribution in [0.1, 0.15) is 18.1 Å². The van der Waals surface area contributed by atoms with E-state index >= 15 is 0 Å². The van der Waals surface area contributed by atoms with Crippen LogP contribution in [0, 0.1) is 0 Å². The molecular weight excluding hydrogens is 381 g/mol. The number of ether oxygens (including phenoxy) is 2. The number of rotatable bonds is 8. The van der Waals surface area contributed by atoms with E-state index in [1.165, 1.54) is 11.1 Å². The summed E-state index contributed by atoms with van der Waals surface area (Å²) in [5.74, 6) is 0.775. The maximum Gasteiger partial charge on any atom is 0.191 e. The van der Waals surface area contributed by atoms with Crippen LogP contribution in [0.2, 0.25) is 0 Å². The molecule has 0 aromatic heterocycles. The largest absolute Gasteiger partial charge is 0.380 e. The van der Waals surface area contributed by atoms with Crippen LogP contribution in [0.15, 0.2) is 29.3 Å². The molecule has 5 nitrogen and oxygen atoms in total. The van der Waals surface area contributed by atoms with Gasteiger partial charge >= 0.3 is 0 Å². The van der Waals surface area contributed by atoms with Gasteiger partial charge in [0, 0.05) is 33.9 Å². The predicted octanol–water partition coefficient (Wildman–Crippen LogP) is 2.15. The van der Waals surface area contributed by atoms with Crippen molar-refractivity contribution in [2.24, 2.45) is 4.99 Å². The number of benzene rings is 1. The highest BCUT2D eigenvalue weighted by molar-refractivity contribution is 14.0. The number of hydrogen-bond acceptors (Lipinski definition) is 3. The quantitative estimate of drug-likeness (QED) is 0.300. The lowest BCUT2D eigenvalue weighted by Crippen LogP contribution is -2.38. The van der Waals surface area contributed by atoms with Crippen LogP contribution in [-0.4, -0.2) is 39.9 Å². The zero-order valence-electron chi connectivity index (χ0n) is 13.0. The van der Waals surface area contributed by atoms with E-state index in [4.69, 9.17) is 9.47 Å². The lowest BCUT2D eigenvalue weighted by Gasteiger charge is -2.14. The number of guanidine groups is 1. The highest BCUT2D eigenvalue weighted by Gasteiger charge is 2.02. The van der Waals surface area contributed by atoms with E-state index in [9.17, 15) is 0 Å². The molecular formula is C15H26IN3O2. The van der Waals surface area contributed by atoms with E-state index in [0.717, 1.165) is 19.1 Å². The lowest BCUT2D eigenvalue weighted by molar-refractivity contribution is 0.152. The smallest absolute Gasteiger partial charge is 0.191 e. The van der Waals surface area contributed by atoms with Crippen molar-refractivity contribution in [3.8, 4) is 0 Å². The molecule has 1 aromatic rings. The summed E-state index contributed by atoms with van der Waals surface area (Å²) in [5, 5.41) is 6.50. The molecule has 0 aliphatic carbocycles. The Labute approximate surface area is 144 Å². The fourth-order valence-electron chi connectivity index (χ4n) is 1.81. The fourth-order valence-corrected chi connectivity index (χ4v) is 1.81. The molecule has 0 bridgehead atoms. The Morgan fingerprint density at radius 2 is 1.90 bits per heavy atom. The molecule has 0 aliphatic rings. The minimum Gasteiger partial charge on any atom is -0.380 e. The molecule has 0 saturated heterocycles. The fraction of sp³-hybridized carbons (Fsp3) is 0.533. The summed E-state index contributed by atoms with van der Waals surface area (Å²) >= 11 is 0. The molecule has 0 heterocycles. The van der Waals surface area contributed by atoms with Gasteiger partial charge in [-0.05, 0) is 18.1 Å². The van der Waals surface area contributed by atoms with Crippen molar-refractivity contribution in [3.63, 3.8) is 0 Å². The molecule has 1 aromatic carbocycles. The molecule has 6 heteroatoms. The minimum atomic E-state index is 0. The summed E-state index contributed by atoms with van der Waals surface area (Å²) in [6.07, 6.45) is 0. The first-order valence-electron chi connectivity index (χ1n) is 6.89. The van der Waals surface area contributed by atoms with Gasteiger partial charge in [0.2, 0.25) is 0 Å². The van der Waals surface area contributed by atoms with Gasteiger partial charge in [0.05, 0.1) is 13.2 Å². The normalized spacial score (nSPS) is 10.9. The summed E-state index contributed by atoms with van der Waals surface area (Å²) in [4.78, 5) is 4.18. The van der Waals surface area contributed by atoms with E-state index in [1.54, 1.807) is 14.2 Å². The minimum absolute atomic E-state index is 0. The second kappa shape index (κ2) is 12.8. The molecule has 1 rings (SSSR count). The Bertz CT molecular complexity index is 414. The molecule has 0 aliphatic heterocycles. The molecule has 0 unspecified atom stereocenters. The zero-order chi connectivity index (χ0) is 14.6. The monoisotopic (exact) mass is 407 g/mol. The number of nitrogens with one attached hydrogen (secondary N) is 2. The average molecular weight is 407 g/mol. The standard InChI is InChI=1S/C15H25N3O2.HI/c1-4-20-10-9-17-15(16-2)18-11-13-7-5-6-8-14(13)12-19-3;/h5-8H,4,9-12H2,1-3H3,(H2,16,17,18);1H. The molecule has 2 N–H and O–H groups in total. The van der Waals surface area contributed by atoms with Crippen LogP contribution < -0.4 is 10.6 Å². The molecule has 0 fully saturated rings. The second-order valence-corrected chi connectivity index (χ2v) is 4.25. The topological polar surface area (TPSA) is 54.9 Å². The Balaban J connectivity index is 0.00000400. The predicted molar refractivity (Wildman–Crippen MR) is 97.3 cm³/mol. The zero-order valence-corrected chi connectivity index (χ0v) is 15.3. The van der Waals surface area contributed by atoms with E-state index in [2.05, 4.69) is 27.8 Å². The van der Waals surface area contributed by atoms with Gasteiger partial charge in [-0.25, -0.2) is 0 Å². The molecule has 0 atom stereocenters. The molecule has 0 amide bonds. The van der Waals surface area contributed by atoms with Gasteiger partial charge in [-0.1, -0.05) is 24.3 Å². The number of methoxy groups -OCH3 is 1. The molecule has 0 spiro atoms. The SMILES string of the molecule is CCOCCNC(=NC)NCc1ccccc1COC.I. The third-order valence-electron chi connectivity index (χ3n) is 2.83. The number of hydrogen-bond donors (Lipinski definition) is 2. The molecule has 120 valence electrons. The van der Waals surface area contributed by atoms with Crippen molar-refractivity contribution in [1.29, 1.82) is 0 Å². The van der Waals surface area contributed by atoms with Gasteiger partial charge in [-0.15, -0.1) is 24.0 Å². The lowest BCUT2D eigenvalue weighted by atomic mass is 10.1. The van der Waals surface area contributed by atoms with Crippen LogP contribution in [-0.2, 0) is 22.6 Å². The maximum absolute atomic E-state index is 5.28. The number of aliphatic imine (C=N–C) groups is 1. The molecule has 21 heavy (non-hydrogen) atoms. The van der Waals surface area contributed by atoms with Crippen LogP contribution in [0.4, 0.5) is 0 Å². The van der Waals surface area contributed by atoms with E-state index in [-0.39, 0.29) is 24.0 Å². The Hall–Kier alpha value is -0.860. The van der Waals surface area contributed by atoms with E-state index in [1.807, 2.05) is 19.1 Å². The highest BCUT2D eigenvalue weighted by atomic mass is 127. The highest BCUT2D eigenvalue weighted by Crippen LogP contribution is 2.09. The van der Waals surface area contributed by atoms with Crippen molar-refractivity contribution in [3.05, 3.63) is 35.4 Å².